The lowest BCUT2D eigenvalue weighted by atomic mass is 9.66. The molecule has 4 unspecified atom stereocenters. The molecule has 2 aliphatic carbocycles. The Bertz CT molecular complexity index is 392. The van der Waals surface area contributed by atoms with Crippen LogP contribution in [0.25, 0.3) is 0 Å². The van der Waals surface area contributed by atoms with Crippen LogP contribution in [0.5, 0.6) is 0 Å². The van der Waals surface area contributed by atoms with Crippen LogP contribution in [0, 0.1) is 16.7 Å². The van der Waals surface area contributed by atoms with Gasteiger partial charge in [-0.2, -0.15) is 0 Å². The molecule has 3 rings (SSSR count). The fraction of sp³-hybridized carbons (Fsp3) is 0.933. The van der Waals surface area contributed by atoms with Crippen LogP contribution in [0.15, 0.2) is 0 Å². The molecule has 0 spiro atoms. The van der Waals surface area contributed by atoms with E-state index in [4.69, 9.17) is 4.74 Å². The van der Waals surface area contributed by atoms with Gasteiger partial charge in [-0.1, -0.05) is 13.8 Å². The monoisotopic (exact) mass is 251 g/mol. The van der Waals surface area contributed by atoms with Crippen molar-refractivity contribution in [3.63, 3.8) is 0 Å². The van der Waals surface area contributed by atoms with Gasteiger partial charge in [0.15, 0.2) is 5.60 Å². The Morgan fingerprint density at radius 1 is 1.33 bits per heavy atom. The Kier molecular flexibility index (Phi) is 2.42. The first-order valence-electron chi connectivity index (χ1n) is 7.38. The maximum absolute atomic E-state index is 12.9. The standard InChI is InChI=1S/C15H25NO2/c1-5-16(6-2)12(17)15-9-11-7-8-14(15,4)13(11,3)10-18-15/h11H,5-10H2,1-4H3. The minimum atomic E-state index is -0.503. The molecular weight excluding hydrogens is 226 g/mol. The molecule has 18 heavy (non-hydrogen) atoms. The van der Waals surface area contributed by atoms with Crippen molar-refractivity contribution in [1.82, 2.24) is 4.90 Å². The van der Waals surface area contributed by atoms with E-state index in [9.17, 15) is 4.79 Å². The van der Waals surface area contributed by atoms with E-state index in [-0.39, 0.29) is 16.7 Å². The van der Waals surface area contributed by atoms with Crippen molar-refractivity contribution in [2.24, 2.45) is 16.7 Å². The van der Waals surface area contributed by atoms with Gasteiger partial charge in [-0.25, -0.2) is 0 Å². The van der Waals surface area contributed by atoms with Crippen molar-refractivity contribution in [1.29, 1.82) is 0 Å². The maximum Gasteiger partial charge on any atom is 0.255 e. The molecular formula is C15H25NO2. The summed E-state index contributed by atoms with van der Waals surface area (Å²) in [5.41, 5.74) is -0.211. The fourth-order valence-corrected chi connectivity index (χ4v) is 5.00. The number of carbonyl (C=O) groups excluding carboxylic acids is 1. The lowest BCUT2D eigenvalue weighted by molar-refractivity contribution is -0.166. The van der Waals surface area contributed by atoms with E-state index in [1.54, 1.807) is 0 Å². The molecule has 3 aliphatic rings. The highest BCUT2D eigenvalue weighted by Crippen LogP contribution is 2.75. The van der Waals surface area contributed by atoms with E-state index >= 15 is 0 Å². The molecule has 1 heterocycles. The summed E-state index contributed by atoms with van der Waals surface area (Å²) in [6, 6.07) is 0. The van der Waals surface area contributed by atoms with E-state index in [1.807, 2.05) is 4.90 Å². The van der Waals surface area contributed by atoms with Crippen LogP contribution in [-0.2, 0) is 9.53 Å². The third-order valence-corrected chi connectivity index (χ3v) is 6.59. The Hall–Kier alpha value is -0.570. The SMILES string of the molecule is CCN(CC)C(=O)C12CC3CCC1(C)C3(C)CO2. The number of amides is 1. The normalized spacial score (nSPS) is 48.8. The van der Waals surface area contributed by atoms with Crippen LogP contribution in [-0.4, -0.2) is 36.1 Å². The largest absolute Gasteiger partial charge is 0.364 e. The zero-order chi connectivity index (χ0) is 13.2. The number of ether oxygens (including phenoxy) is 1. The topological polar surface area (TPSA) is 29.5 Å². The van der Waals surface area contributed by atoms with Crippen LogP contribution < -0.4 is 0 Å². The van der Waals surface area contributed by atoms with Gasteiger partial charge in [0, 0.05) is 23.9 Å². The summed E-state index contributed by atoms with van der Waals surface area (Å²) in [7, 11) is 0. The van der Waals surface area contributed by atoms with Crippen LogP contribution >= 0.6 is 0 Å². The molecule has 0 aromatic carbocycles. The summed E-state index contributed by atoms with van der Waals surface area (Å²) in [6.45, 7) is 11.1. The number of hydrogen-bond donors (Lipinski definition) is 0. The number of rotatable bonds is 3. The second-order valence-corrected chi connectivity index (χ2v) is 6.78. The maximum atomic E-state index is 12.9. The van der Waals surface area contributed by atoms with Crippen molar-refractivity contribution in [2.75, 3.05) is 19.7 Å². The van der Waals surface area contributed by atoms with Crippen LogP contribution in [0.1, 0.15) is 47.0 Å². The summed E-state index contributed by atoms with van der Waals surface area (Å²) >= 11 is 0. The van der Waals surface area contributed by atoms with Crippen molar-refractivity contribution in [3.8, 4) is 0 Å². The van der Waals surface area contributed by atoms with Gasteiger partial charge in [0.05, 0.1) is 6.61 Å². The third-order valence-electron chi connectivity index (χ3n) is 6.59. The average Bonchev–Trinajstić information content (AvgIpc) is 2.83. The van der Waals surface area contributed by atoms with Gasteiger partial charge in [0.2, 0.25) is 0 Å². The molecule has 1 saturated heterocycles. The second kappa shape index (κ2) is 3.50. The first kappa shape index (κ1) is 12.5. The van der Waals surface area contributed by atoms with E-state index in [2.05, 4.69) is 27.7 Å². The van der Waals surface area contributed by atoms with Gasteiger partial charge in [0.1, 0.15) is 0 Å². The quantitative estimate of drug-likeness (QED) is 0.771. The van der Waals surface area contributed by atoms with Gasteiger partial charge in [0.25, 0.3) is 5.91 Å². The molecule has 1 amide bonds. The van der Waals surface area contributed by atoms with Gasteiger partial charge in [-0.15, -0.1) is 0 Å². The number of nitrogens with zero attached hydrogens (tertiary/aromatic N) is 1. The average molecular weight is 251 g/mol. The molecule has 102 valence electrons. The Morgan fingerprint density at radius 3 is 2.50 bits per heavy atom. The van der Waals surface area contributed by atoms with Crippen molar-refractivity contribution in [3.05, 3.63) is 0 Å². The van der Waals surface area contributed by atoms with E-state index in [1.165, 1.54) is 6.42 Å². The number of hydrogen-bond acceptors (Lipinski definition) is 2. The Labute approximate surface area is 110 Å². The molecule has 3 heteroatoms. The molecule has 1 aliphatic heterocycles. The van der Waals surface area contributed by atoms with Crippen LogP contribution in [0.2, 0.25) is 0 Å². The molecule has 3 fully saturated rings. The predicted octanol–water partition coefficient (Wildman–Crippen LogP) is 2.45. The fourth-order valence-electron chi connectivity index (χ4n) is 5.00. The molecule has 0 aromatic rings. The van der Waals surface area contributed by atoms with Gasteiger partial charge in [-0.05, 0) is 39.0 Å². The van der Waals surface area contributed by atoms with Crippen LogP contribution in [0.3, 0.4) is 0 Å². The zero-order valence-electron chi connectivity index (χ0n) is 12.1. The Morgan fingerprint density at radius 2 is 2.00 bits per heavy atom. The van der Waals surface area contributed by atoms with Gasteiger partial charge < -0.3 is 9.64 Å². The summed E-state index contributed by atoms with van der Waals surface area (Å²) in [5, 5.41) is 0. The lowest BCUT2D eigenvalue weighted by Gasteiger charge is -2.42. The number of carbonyl (C=O) groups is 1. The third kappa shape index (κ3) is 1.05. The van der Waals surface area contributed by atoms with E-state index < -0.39 is 5.60 Å². The van der Waals surface area contributed by atoms with E-state index in [0.29, 0.717) is 5.92 Å². The van der Waals surface area contributed by atoms with Crippen molar-refractivity contribution < 1.29 is 9.53 Å². The smallest absolute Gasteiger partial charge is 0.255 e. The first-order valence-corrected chi connectivity index (χ1v) is 7.38. The van der Waals surface area contributed by atoms with Gasteiger partial charge in [-0.3, -0.25) is 4.79 Å². The van der Waals surface area contributed by atoms with Crippen molar-refractivity contribution in [2.45, 2.75) is 52.6 Å². The first-order chi connectivity index (χ1) is 8.45. The molecule has 0 radical (unpaired) electrons. The number of likely N-dealkylation sites (N-methyl/N-ethyl adjacent to an activating group) is 1. The lowest BCUT2D eigenvalue weighted by Crippen LogP contribution is -2.56. The molecule has 0 N–H and O–H groups in total. The van der Waals surface area contributed by atoms with E-state index in [0.717, 1.165) is 32.5 Å². The minimum absolute atomic E-state index is 0.0599. The summed E-state index contributed by atoms with van der Waals surface area (Å²) in [4.78, 5) is 14.9. The van der Waals surface area contributed by atoms with Crippen molar-refractivity contribution >= 4 is 5.91 Å². The van der Waals surface area contributed by atoms with Gasteiger partial charge >= 0.3 is 0 Å². The molecule has 2 saturated carbocycles. The summed E-state index contributed by atoms with van der Waals surface area (Å²) in [6.07, 6.45) is 3.39. The molecule has 4 atom stereocenters. The predicted molar refractivity (Wildman–Crippen MR) is 70.2 cm³/mol. The molecule has 4 bridgehead atoms. The summed E-state index contributed by atoms with van der Waals surface area (Å²) in [5.74, 6) is 0.941. The molecule has 0 aromatic heterocycles. The highest BCUT2D eigenvalue weighted by atomic mass is 16.5. The second-order valence-electron chi connectivity index (χ2n) is 6.78. The molecule has 3 nitrogen and oxygen atoms in total. The highest BCUT2D eigenvalue weighted by molar-refractivity contribution is 5.88. The Balaban J connectivity index is 2.00. The van der Waals surface area contributed by atoms with Crippen LogP contribution in [0.4, 0.5) is 0 Å². The summed E-state index contributed by atoms with van der Waals surface area (Å²) < 4.78 is 6.13. The zero-order valence-corrected chi connectivity index (χ0v) is 12.1. The highest BCUT2D eigenvalue weighted by Gasteiger charge is 2.78. The minimum Gasteiger partial charge on any atom is -0.364 e.